The number of hydrogen-bond donors (Lipinski definition) is 0. The summed E-state index contributed by atoms with van der Waals surface area (Å²) in [5.74, 6) is -0.0867. The van der Waals surface area contributed by atoms with E-state index in [1.165, 1.54) is 23.4 Å². The standard InChI is InChI=1S/C14H16N4O3S/c1-11(19)12-2-4-14(5-3-12)22(20,21)17-8-6-13(10-17)18-9-7-15-16-18/h2-5,7,9,13H,6,8,10H2,1H3. The van der Waals surface area contributed by atoms with Gasteiger partial charge >= 0.3 is 0 Å². The number of carbonyl (C=O) groups excluding carboxylic acids is 1. The van der Waals surface area contributed by atoms with Crippen molar-refractivity contribution in [1.82, 2.24) is 19.3 Å². The first-order chi connectivity index (χ1) is 10.5. The Hall–Kier alpha value is -2.06. The van der Waals surface area contributed by atoms with Crippen LogP contribution in [-0.2, 0) is 10.0 Å². The number of nitrogens with zero attached hydrogens (tertiary/aromatic N) is 4. The van der Waals surface area contributed by atoms with Crippen LogP contribution in [0.1, 0.15) is 29.7 Å². The van der Waals surface area contributed by atoms with E-state index in [4.69, 9.17) is 0 Å². The van der Waals surface area contributed by atoms with Gasteiger partial charge in [0.15, 0.2) is 5.78 Å². The van der Waals surface area contributed by atoms with Gasteiger partial charge in [-0.3, -0.25) is 4.79 Å². The Balaban J connectivity index is 1.80. The first-order valence-corrected chi connectivity index (χ1v) is 8.39. The van der Waals surface area contributed by atoms with Crippen LogP contribution < -0.4 is 0 Å². The minimum absolute atomic E-state index is 0.00812. The van der Waals surface area contributed by atoms with Gasteiger partial charge in [-0.1, -0.05) is 17.3 Å². The number of carbonyl (C=O) groups is 1. The average Bonchev–Trinajstić information content (AvgIpc) is 3.18. The predicted molar refractivity (Wildman–Crippen MR) is 78.9 cm³/mol. The van der Waals surface area contributed by atoms with Crippen molar-refractivity contribution in [2.24, 2.45) is 0 Å². The molecule has 2 heterocycles. The van der Waals surface area contributed by atoms with E-state index in [9.17, 15) is 13.2 Å². The van der Waals surface area contributed by atoms with Crippen LogP contribution in [0.15, 0.2) is 41.6 Å². The zero-order chi connectivity index (χ0) is 15.7. The molecule has 0 bridgehead atoms. The Bertz CT molecular complexity index is 769. The summed E-state index contributed by atoms with van der Waals surface area (Å²) in [6.45, 7) is 2.27. The number of hydrogen-bond acceptors (Lipinski definition) is 5. The number of rotatable bonds is 4. The SMILES string of the molecule is CC(=O)c1ccc(S(=O)(=O)N2CCC(n3ccnn3)C2)cc1. The highest BCUT2D eigenvalue weighted by Gasteiger charge is 2.33. The molecule has 0 spiro atoms. The Labute approximate surface area is 128 Å². The van der Waals surface area contributed by atoms with E-state index in [0.29, 0.717) is 25.1 Å². The summed E-state index contributed by atoms with van der Waals surface area (Å²) < 4.78 is 28.4. The van der Waals surface area contributed by atoms with Crippen molar-refractivity contribution in [3.8, 4) is 0 Å². The molecule has 8 heteroatoms. The van der Waals surface area contributed by atoms with E-state index in [0.717, 1.165) is 0 Å². The summed E-state index contributed by atoms with van der Waals surface area (Å²) in [5.41, 5.74) is 0.501. The maximum atomic E-state index is 12.6. The Kier molecular flexibility index (Phi) is 3.79. The van der Waals surface area contributed by atoms with Gasteiger partial charge in [-0.2, -0.15) is 4.31 Å². The fraction of sp³-hybridized carbons (Fsp3) is 0.357. The van der Waals surface area contributed by atoms with E-state index in [1.54, 1.807) is 29.2 Å². The average molecular weight is 320 g/mol. The van der Waals surface area contributed by atoms with Gasteiger partial charge in [-0.05, 0) is 25.5 Å². The Morgan fingerprint density at radius 1 is 1.27 bits per heavy atom. The Morgan fingerprint density at radius 3 is 2.59 bits per heavy atom. The summed E-state index contributed by atoms with van der Waals surface area (Å²) in [6.07, 6.45) is 4.02. The van der Waals surface area contributed by atoms with Crippen LogP contribution in [0.4, 0.5) is 0 Å². The molecular formula is C14H16N4O3S. The van der Waals surface area contributed by atoms with E-state index in [-0.39, 0.29) is 16.7 Å². The summed E-state index contributed by atoms with van der Waals surface area (Å²) in [4.78, 5) is 11.5. The number of ketones is 1. The summed E-state index contributed by atoms with van der Waals surface area (Å²) >= 11 is 0. The maximum Gasteiger partial charge on any atom is 0.243 e. The molecule has 3 rings (SSSR count). The number of aromatic nitrogens is 3. The van der Waals surface area contributed by atoms with Crippen molar-refractivity contribution in [3.63, 3.8) is 0 Å². The largest absolute Gasteiger partial charge is 0.295 e. The maximum absolute atomic E-state index is 12.6. The lowest BCUT2D eigenvalue weighted by molar-refractivity contribution is 0.101. The molecule has 0 radical (unpaired) electrons. The van der Waals surface area contributed by atoms with Crippen LogP contribution >= 0.6 is 0 Å². The molecule has 7 nitrogen and oxygen atoms in total. The van der Waals surface area contributed by atoms with Gasteiger partial charge in [0, 0.05) is 24.8 Å². The smallest absolute Gasteiger partial charge is 0.243 e. The predicted octanol–water partition coefficient (Wildman–Crippen LogP) is 1.12. The third kappa shape index (κ3) is 2.67. The molecule has 1 atom stereocenters. The number of Topliss-reactive ketones (excluding diaryl/α,β-unsaturated/α-hetero) is 1. The highest BCUT2D eigenvalue weighted by molar-refractivity contribution is 7.89. The monoisotopic (exact) mass is 320 g/mol. The molecule has 1 aliphatic rings. The molecular weight excluding hydrogens is 304 g/mol. The van der Waals surface area contributed by atoms with Crippen molar-refractivity contribution < 1.29 is 13.2 Å². The van der Waals surface area contributed by atoms with Crippen LogP contribution in [0.2, 0.25) is 0 Å². The van der Waals surface area contributed by atoms with Crippen molar-refractivity contribution in [3.05, 3.63) is 42.2 Å². The van der Waals surface area contributed by atoms with Crippen molar-refractivity contribution in [1.29, 1.82) is 0 Å². The lowest BCUT2D eigenvalue weighted by Crippen LogP contribution is -2.29. The van der Waals surface area contributed by atoms with Gasteiger partial charge in [0.2, 0.25) is 10.0 Å². The lowest BCUT2D eigenvalue weighted by atomic mass is 10.2. The third-order valence-corrected chi connectivity index (χ3v) is 5.72. The highest BCUT2D eigenvalue weighted by atomic mass is 32.2. The summed E-state index contributed by atoms with van der Waals surface area (Å²) in [5, 5.41) is 7.68. The quantitative estimate of drug-likeness (QED) is 0.788. The van der Waals surface area contributed by atoms with Crippen LogP contribution in [-0.4, -0.2) is 46.6 Å². The van der Waals surface area contributed by atoms with Crippen molar-refractivity contribution in [2.75, 3.05) is 13.1 Å². The van der Waals surface area contributed by atoms with Gasteiger partial charge < -0.3 is 0 Å². The van der Waals surface area contributed by atoms with Crippen molar-refractivity contribution >= 4 is 15.8 Å². The number of benzene rings is 1. The minimum atomic E-state index is -3.54. The van der Waals surface area contributed by atoms with Gasteiger partial charge in [0.05, 0.1) is 17.1 Å². The van der Waals surface area contributed by atoms with Crippen molar-refractivity contribution in [2.45, 2.75) is 24.3 Å². The fourth-order valence-corrected chi connectivity index (χ4v) is 4.06. The topological polar surface area (TPSA) is 85.2 Å². The number of sulfonamides is 1. The fourth-order valence-electron chi connectivity index (χ4n) is 2.57. The second-order valence-electron chi connectivity index (χ2n) is 5.27. The lowest BCUT2D eigenvalue weighted by Gasteiger charge is -2.16. The molecule has 0 aliphatic carbocycles. The van der Waals surface area contributed by atoms with Gasteiger partial charge in [0.25, 0.3) is 0 Å². The van der Waals surface area contributed by atoms with Gasteiger partial charge in [-0.25, -0.2) is 13.1 Å². The molecule has 1 aliphatic heterocycles. The first kappa shape index (κ1) is 14.9. The first-order valence-electron chi connectivity index (χ1n) is 6.95. The van der Waals surface area contributed by atoms with E-state index < -0.39 is 10.0 Å². The molecule has 0 amide bonds. The molecule has 1 aromatic heterocycles. The molecule has 22 heavy (non-hydrogen) atoms. The second-order valence-corrected chi connectivity index (χ2v) is 7.21. The summed E-state index contributed by atoms with van der Waals surface area (Å²) in [7, 11) is -3.54. The Morgan fingerprint density at radius 2 is 2.00 bits per heavy atom. The zero-order valence-electron chi connectivity index (χ0n) is 12.1. The molecule has 0 saturated carbocycles. The third-order valence-electron chi connectivity index (χ3n) is 3.84. The highest BCUT2D eigenvalue weighted by Crippen LogP contribution is 2.26. The van der Waals surface area contributed by atoms with E-state index in [1.807, 2.05) is 0 Å². The van der Waals surface area contributed by atoms with Crippen LogP contribution in [0.25, 0.3) is 0 Å². The van der Waals surface area contributed by atoms with Crippen LogP contribution in [0, 0.1) is 0 Å². The molecule has 1 fully saturated rings. The zero-order valence-corrected chi connectivity index (χ0v) is 12.9. The molecule has 1 saturated heterocycles. The van der Waals surface area contributed by atoms with E-state index >= 15 is 0 Å². The van der Waals surface area contributed by atoms with Gasteiger partial charge in [-0.15, -0.1) is 5.10 Å². The van der Waals surface area contributed by atoms with Crippen LogP contribution in [0.3, 0.4) is 0 Å². The molecule has 1 unspecified atom stereocenters. The van der Waals surface area contributed by atoms with Crippen LogP contribution in [0.5, 0.6) is 0 Å². The molecule has 1 aromatic carbocycles. The molecule has 2 aromatic rings. The van der Waals surface area contributed by atoms with E-state index in [2.05, 4.69) is 10.3 Å². The summed E-state index contributed by atoms with van der Waals surface area (Å²) in [6, 6.07) is 6.05. The second kappa shape index (κ2) is 5.62. The normalized spacial score (nSPS) is 19.4. The molecule has 0 N–H and O–H groups in total. The molecule has 116 valence electrons. The minimum Gasteiger partial charge on any atom is -0.295 e. The van der Waals surface area contributed by atoms with Gasteiger partial charge in [0.1, 0.15) is 0 Å².